The zero-order valence-electron chi connectivity index (χ0n) is 11.8. The van der Waals surface area contributed by atoms with Crippen LogP contribution in [0.4, 0.5) is 0 Å². The molecule has 0 aliphatic carbocycles. The zero-order chi connectivity index (χ0) is 14.5. The van der Waals surface area contributed by atoms with Crippen LogP contribution in [0.2, 0.25) is 0 Å². The van der Waals surface area contributed by atoms with Gasteiger partial charge in [-0.3, -0.25) is 4.79 Å². The van der Waals surface area contributed by atoms with E-state index in [9.17, 15) is 4.79 Å². The molecule has 0 saturated carbocycles. The van der Waals surface area contributed by atoms with Crippen LogP contribution in [-0.4, -0.2) is 24.7 Å². The van der Waals surface area contributed by atoms with E-state index >= 15 is 0 Å². The number of nitrogens with zero attached hydrogens (tertiary/aromatic N) is 1. The highest BCUT2D eigenvalue weighted by Crippen LogP contribution is 2.18. The van der Waals surface area contributed by atoms with Crippen LogP contribution in [0.5, 0.6) is 0 Å². The van der Waals surface area contributed by atoms with Crippen LogP contribution in [0.25, 0.3) is 0 Å². The number of rotatable bonds is 6. The molecule has 5 nitrogen and oxygen atoms in total. The van der Waals surface area contributed by atoms with Crippen LogP contribution < -0.4 is 5.32 Å². The fourth-order valence-corrected chi connectivity index (χ4v) is 2.68. The van der Waals surface area contributed by atoms with Gasteiger partial charge in [-0.1, -0.05) is 5.16 Å². The zero-order valence-corrected chi connectivity index (χ0v) is 12.6. The van der Waals surface area contributed by atoms with Crippen molar-refractivity contribution in [2.45, 2.75) is 26.4 Å². The Kier molecular flexibility index (Phi) is 4.92. The molecule has 1 atom stereocenters. The number of amides is 1. The van der Waals surface area contributed by atoms with Crippen molar-refractivity contribution in [1.82, 2.24) is 10.5 Å². The molecule has 2 heterocycles. The number of carbonyl (C=O) groups excluding carboxylic acids is 1. The molecule has 0 aliphatic rings. The average molecular weight is 294 g/mol. The molecule has 0 fully saturated rings. The second-order valence-electron chi connectivity index (χ2n) is 4.56. The van der Waals surface area contributed by atoms with Gasteiger partial charge in [0.15, 0.2) is 0 Å². The maximum Gasteiger partial charge on any atom is 0.224 e. The number of hydrogen-bond donors (Lipinski definition) is 1. The number of ether oxygens (including phenoxy) is 1. The van der Waals surface area contributed by atoms with Gasteiger partial charge in [0.2, 0.25) is 5.91 Å². The molecule has 2 aromatic heterocycles. The predicted molar refractivity (Wildman–Crippen MR) is 76.8 cm³/mol. The Morgan fingerprint density at radius 1 is 1.55 bits per heavy atom. The van der Waals surface area contributed by atoms with Crippen LogP contribution in [0.1, 0.15) is 28.7 Å². The first-order valence-electron chi connectivity index (χ1n) is 6.35. The predicted octanol–water partition coefficient (Wildman–Crippen LogP) is 2.40. The molecular formula is C14H18N2O3S. The lowest BCUT2D eigenvalue weighted by Gasteiger charge is -2.14. The second kappa shape index (κ2) is 6.67. The first-order chi connectivity index (χ1) is 9.61. The SMILES string of the molecule is COC(CNC(=O)Cc1c(C)noc1C)c1ccsc1. The maximum absolute atomic E-state index is 12.0. The van der Waals surface area contributed by atoms with Gasteiger partial charge in [0.05, 0.1) is 12.1 Å². The second-order valence-corrected chi connectivity index (χ2v) is 5.34. The molecule has 0 saturated heterocycles. The molecule has 0 bridgehead atoms. The van der Waals surface area contributed by atoms with E-state index in [2.05, 4.69) is 10.5 Å². The molecule has 0 aliphatic heterocycles. The standard InChI is InChI=1S/C14H18N2O3S/c1-9-12(10(2)19-16-9)6-14(17)15-7-13(18-3)11-4-5-20-8-11/h4-5,8,13H,6-7H2,1-3H3,(H,15,17). The van der Waals surface area contributed by atoms with E-state index in [1.54, 1.807) is 18.4 Å². The lowest BCUT2D eigenvalue weighted by Crippen LogP contribution is -2.30. The molecule has 0 aromatic carbocycles. The van der Waals surface area contributed by atoms with Gasteiger partial charge in [-0.2, -0.15) is 11.3 Å². The molecule has 1 unspecified atom stereocenters. The molecule has 2 aromatic rings. The molecular weight excluding hydrogens is 276 g/mol. The van der Waals surface area contributed by atoms with E-state index in [1.807, 2.05) is 30.7 Å². The van der Waals surface area contributed by atoms with Crippen LogP contribution in [0.15, 0.2) is 21.3 Å². The number of nitrogens with one attached hydrogen (secondary N) is 1. The van der Waals surface area contributed by atoms with E-state index in [-0.39, 0.29) is 18.4 Å². The number of methoxy groups -OCH3 is 1. The van der Waals surface area contributed by atoms with E-state index < -0.39 is 0 Å². The minimum absolute atomic E-state index is 0.0586. The van der Waals surface area contributed by atoms with E-state index in [0.29, 0.717) is 12.3 Å². The highest BCUT2D eigenvalue weighted by Gasteiger charge is 2.16. The van der Waals surface area contributed by atoms with Crippen molar-refractivity contribution in [1.29, 1.82) is 0 Å². The normalized spacial score (nSPS) is 12.3. The first-order valence-corrected chi connectivity index (χ1v) is 7.29. The van der Waals surface area contributed by atoms with Gasteiger partial charge in [-0.05, 0) is 36.2 Å². The summed E-state index contributed by atoms with van der Waals surface area (Å²) in [6.07, 6.45) is 0.163. The summed E-state index contributed by atoms with van der Waals surface area (Å²) >= 11 is 1.61. The van der Waals surface area contributed by atoms with E-state index in [4.69, 9.17) is 9.26 Å². The third kappa shape index (κ3) is 3.46. The number of thiophene rings is 1. The lowest BCUT2D eigenvalue weighted by atomic mass is 10.1. The maximum atomic E-state index is 12.0. The summed E-state index contributed by atoms with van der Waals surface area (Å²) in [6.45, 7) is 4.10. The summed E-state index contributed by atoms with van der Waals surface area (Å²) in [7, 11) is 1.64. The molecule has 6 heteroatoms. The molecule has 1 N–H and O–H groups in total. The Balaban J connectivity index is 1.89. The van der Waals surface area contributed by atoms with Crippen LogP contribution in [0, 0.1) is 13.8 Å². The quantitative estimate of drug-likeness (QED) is 0.888. The molecule has 0 radical (unpaired) electrons. The van der Waals surface area contributed by atoms with Crippen molar-refractivity contribution in [3.63, 3.8) is 0 Å². The van der Waals surface area contributed by atoms with Gasteiger partial charge in [-0.25, -0.2) is 0 Å². The van der Waals surface area contributed by atoms with Crippen molar-refractivity contribution in [2.24, 2.45) is 0 Å². The summed E-state index contributed by atoms with van der Waals surface area (Å²) in [5.41, 5.74) is 2.70. The van der Waals surface area contributed by atoms with Gasteiger partial charge in [0.1, 0.15) is 11.9 Å². The van der Waals surface area contributed by atoms with E-state index in [0.717, 1.165) is 16.8 Å². The summed E-state index contributed by atoms with van der Waals surface area (Å²) in [6, 6.07) is 2.00. The van der Waals surface area contributed by atoms with Crippen LogP contribution in [0.3, 0.4) is 0 Å². The first kappa shape index (κ1) is 14.7. The fourth-order valence-electron chi connectivity index (χ4n) is 1.98. The Morgan fingerprint density at radius 2 is 2.35 bits per heavy atom. The van der Waals surface area contributed by atoms with Crippen molar-refractivity contribution >= 4 is 17.2 Å². The number of aryl methyl sites for hydroxylation is 2. The summed E-state index contributed by atoms with van der Waals surface area (Å²) in [5, 5.41) is 10.7. The summed E-state index contributed by atoms with van der Waals surface area (Å²) < 4.78 is 10.4. The van der Waals surface area contributed by atoms with Crippen molar-refractivity contribution in [2.75, 3.05) is 13.7 Å². The fraction of sp³-hybridized carbons (Fsp3) is 0.429. The minimum atomic E-state index is -0.116. The van der Waals surface area contributed by atoms with Crippen molar-refractivity contribution in [3.05, 3.63) is 39.4 Å². The Labute approximate surface area is 121 Å². The largest absolute Gasteiger partial charge is 0.375 e. The number of carbonyl (C=O) groups is 1. The van der Waals surface area contributed by atoms with Gasteiger partial charge in [0.25, 0.3) is 0 Å². The molecule has 0 spiro atoms. The molecule has 108 valence electrons. The topological polar surface area (TPSA) is 64.4 Å². The Morgan fingerprint density at radius 3 is 2.90 bits per heavy atom. The van der Waals surface area contributed by atoms with Crippen molar-refractivity contribution in [3.8, 4) is 0 Å². The minimum Gasteiger partial charge on any atom is -0.375 e. The third-order valence-corrected chi connectivity index (χ3v) is 3.90. The van der Waals surface area contributed by atoms with Gasteiger partial charge in [-0.15, -0.1) is 0 Å². The monoisotopic (exact) mass is 294 g/mol. The Hall–Kier alpha value is -1.66. The van der Waals surface area contributed by atoms with Gasteiger partial charge < -0.3 is 14.6 Å². The smallest absolute Gasteiger partial charge is 0.224 e. The molecule has 1 amide bonds. The number of hydrogen-bond acceptors (Lipinski definition) is 5. The average Bonchev–Trinajstić information content (AvgIpc) is 3.05. The summed E-state index contributed by atoms with van der Waals surface area (Å²) in [5.74, 6) is 0.635. The van der Waals surface area contributed by atoms with Crippen LogP contribution >= 0.6 is 11.3 Å². The lowest BCUT2D eigenvalue weighted by molar-refractivity contribution is -0.121. The third-order valence-electron chi connectivity index (χ3n) is 3.20. The highest BCUT2D eigenvalue weighted by atomic mass is 32.1. The van der Waals surface area contributed by atoms with Crippen LogP contribution in [-0.2, 0) is 16.0 Å². The van der Waals surface area contributed by atoms with Gasteiger partial charge >= 0.3 is 0 Å². The summed E-state index contributed by atoms with van der Waals surface area (Å²) in [4.78, 5) is 12.0. The highest BCUT2D eigenvalue weighted by molar-refractivity contribution is 7.07. The van der Waals surface area contributed by atoms with E-state index in [1.165, 1.54) is 0 Å². The number of aromatic nitrogens is 1. The Bertz CT molecular complexity index is 543. The van der Waals surface area contributed by atoms with Crippen molar-refractivity contribution < 1.29 is 14.1 Å². The van der Waals surface area contributed by atoms with Gasteiger partial charge in [0, 0.05) is 19.2 Å². The molecule has 2 rings (SSSR count). The molecule has 20 heavy (non-hydrogen) atoms.